The normalized spacial score (nSPS) is 12.0. The van der Waals surface area contributed by atoms with Crippen molar-refractivity contribution in [3.63, 3.8) is 0 Å². The first-order chi connectivity index (χ1) is 9.13. The lowest BCUT2D eigenvalue weighted by atomic mass is 10.0. The quantitative estimate of drug-likeness (QED) is 0.580. The van der Waals surface area contributed by atoms with E-state index in [-0.39, 0.29) is 11.8 Å². The molecule has 1 aromatic carbocycles. The Morgan fingerprint density at radius 1 is 1.32 bits per heavy atom. The maximum absolute atomic E-state index is 12.4. The minimum Gasteiger partial charge on any atom is -0.497 e. The second-order valence-electron chi connectivity index (χ2n) is 4.46. The van der Waals surface area contributed by atoms with Crippen LogP contribution in [0, 0.1) is 0 Å². The predicted molar refractivity (Wildman–Crippen MR) is 76.2 cm³/mol. The maximum atomic E-state index is 12.4. The number of nitrogens with one attached hydrogen (secondary N) is 1. The van der Waals surface area contributed by atoms with Gasteiger partial charge >= 0.3 is 0 Å². The monoisotopic (exact) mass is 265 g/mol. The van der Waals surface area contributed by atoms with Crippen LogP contribution in [0.1, 0.15) is 37.0 Å². The third-order valence-electron chi connectivity index (χ3n) is 3.05. The molecule has 0 amide bonds. The van der Waals surface area contributed by atoms with Crippen LogP contribution in [0.15, 0.2) is 18.2 Å². The molecule has 106 valence electrons. The zero-order valence-corrected chi connectivity index (χ0v) is 12.2. The minimum absolute atomic E-state index is 0.0202. The van der Waals surface area contributed by atoms with Gasteiger partial charge in [-0.25, -0.2) is 0 Å². The van der Waals surface area contributed by atoms with E-state index >= 15 is 0 Å². The van der Waals surface area contributed by atoms with Gasteiger partial charge in [0.2, 0.25) is 0 Å². The van der Waals surface area contributed by atoms with E-state index in [1.165, 1.54) is 0 Å². The molecule has 1 unspecified atom stereocenters. The van der Waals surface area contributed by atoms with E-state index in [9.17, 15) is 4.79 Å². The van der Waals surface area contributed by atoms with Crippen LogP contribution in [0.3, 0.4) is 0 Å². The van der Waals surface area contributed by atoms with Crippen LogP contribution in [-0.4, -0.2) is 32.6 Å². The largest absolute Gasteiger partial charge is 0.497 e. The Morgan fingerprint density at radius 2 is 2.05 bits per heavy atom. The molecule has 19 heavy (non-hydrogen) atoms. The Kier molecular flexibility index (Phi) is 6.36. The third kappa shape index (κ3) is 4.24. The Labute approximate surface area is 115 Å². The van der Waals surface area contributed by atoms with E-state index in [2.05, 4.69) is 12.2 Å². The molecule has 0 aromatic heterocycles. The van der Waals surface area contributed by atoms with Crippen molar-refractivity contribution in [2.75, 3.05) is 20.8 Å². The van der Waals surface area contributed by atoms with Gasteiger partial charge in [-0.2, -0.15) is 0 Å². The summed E-state index contributed by atoms with van der Waals surface area (Å²) in [6.45, 7) is 4.84. The summed E-state index contributed by atoms with van der Waals surface area (Å²) in [5.41, 5.74) is 0.554. The fraction of sp³-hybridized carbons (Fsp3) is 0.533. The molecular weight excluding hydrogens is 242 g/mol. The summed E-state index contributed by atoms with van der Waals surface area (Å²) in [4.78, 5) is 12.4. The number of carbonyl (C=O) groups is 1. The van der Waals surface area contributed by atoms with Crippen LogP contribution in [-0.2, 0) is 0 Å². The Hall–Kier alpha value is -1.55. The number of unbranched alkanes of at least 4 members (excludes halogenated alkanes) is 1. The number of methoxy groups -OCH3 is 2. The highest BCUT2D eigenvalue weighted by Crippen LogP contribution is 2.25. The molecule has 1 atom stereocenters. The van der Waals surface area contributed by atoms with Crippen LogP contribution < -0.4 is 14.8 Å². The summed E-state index contributed by atoms with van der Waals surface area (Å²) in [6, 6.07) is 5.03. The van der Waals surface area contributed by atoms with E-state index in [0.717, 1.165) is 19.4 Å². The summed E-state index contributed by atoms with van der Waals surface area (Å²) in [6.07, 6.45) is 2.17. The number of carbonyl (C=O) groups excluding carboxylic acids is 1. The molecule has 1 rings (SSSR count). The Morgan fingerprint density at radius 3 is 2.63 bits per heavy atom. The predicted octanol–water partition coefficient (Wildman–Crippen LogP) is 2.66. The first-order valence-electron chi connectivity index (χ1n) is 6.63. The van der Waals surface area contributed by atoms with E-state index in [0.29, 0.717) is 17.1 Å². The third-order valence-corrected chi connectivity index (χ3v) is 3.05. The maximum Gasteiger partial charge on any atom is 0.183 e. The molecule has 0 spiro atoms. The zero-order chi connectivity index (χ0) is 14.3. The molecule has 0 fully saturated rings. The molecule has 0 saturated heterocycles. The lowest BCUT2D eigenvalue weighted by Crippen LogP contribution is -2.34. The molecule has 0 saturated carbocycles. The first kappa shape index (κ1) is 15.5. The van der Waals surface area contributed by atoms with Gasteiger partial charge < -0.3 is 14.8 Å². The Bertz CT molecular complexity index is 418. The number of ether oxygens (including phenoxy) is 2. The summed E-state index contributed by atoms with van der Waals surface area (Å²) in [5.74, 6) is 1.26. The molecule has 0 aliphatic carbocycles. The van der Waals surface area contributed by atoms with Crippen LogP contribution >= 0.6 is 0 Å². The van der Waals surface area contributed by atoms with E-state index in [1.54, 1.807) is 32.4 Å². The second-order valence-corrected chi connectivity index (χ2v) is 4.46. The number of rotatable bonds is 8. The van der Waals surface area contributed by atoms with Crippen LogP contribution in [0.4, 0.5) is 0 Å². The summed E-state index contributed by atoms with van der Waals surface area (Å²) in [5, 5.41) is 3.22. The van der Waals surface area contributed by atoms with E-state index in [4.69, 9.17) is 9.47 Å². The summed E-state index contributed by atoms with van der Waals surface area (Å²) < 4.78 is 10.4. The lowest BCUT2D eigenvalue weighted by molar-refractivity contribution is 0.0947. The molecule has 4 nitrogen and oxygen atoms in total. The number of Topliss-reactive ketones (excluding diaryl/α,β-unsaturated/α-hetero) is 1. The summed E-state index contributed by atoms with van der Waals surface area (Å²) >= 11 is 0. The smallest absolute Gasteiger partial charge is 0.183 e. The van der Waals surface area contributed by atoms with Crippen molar-refractivity contribution in [1.82, 2.24) is 5.32 Å². The number of hydrogen-bond acceptors (Lipinski definition) is 4. The summed E-state index contributed by atoms with van der Waals surface area (Å²) in [7, 11) is 3.15. The standard InChI is InChI=1S/C15H23NO3/c1-5-6-9-16-11(2)15(17)13-10-12(18-3)7-8-14(13)19-4/h7-8,10-11,16H,5-6,9H2,1-4H3. The molecular formula is C15H23NO3. The molecule has 0 heterocycles. The molecule has 0 aliphatic heterocycles. The van der Waals surface area contributed by atoms with Crippen molar-refractivity contribution in [2.24, 2.45) is 0 Å². The van der Waals surface area contributed by atoms with Gasteiger partial charge in [0.05, 0.1) is 25.8 Å². The van der Waals surface area contributed by atoms with Gasteiger partial charge in [0.25, 0.3) is 0 Å². The molecule has 1 N–H and O–H groups in total. The highest BCUT2D eigenvalue weighted by atomic mass is 16.5. The molecule has 0 radical (unpaired) electrons. The van der Waals surface area contributed by atoms with Crippen molar-refractivity contribution in [2.45, 2.75) is 32.7 Å². The van der Waals surface area contributed by atoms with E-state index < -0.39 is 0 Å². The average Bonchev–Trinajstić information content (AvgIpc) is 2.45. The SMILES string of the molecule is CCCCNC(C)C(=O)c1cc(OC)ccc1OC. The van der Waals surface area contributed by atoms with Gasteiger partial charge in [0.1, 0.15) is 11.5 Å². The first-order valence-corrected chi connectivity index (χ1v) is 6.63. The number of ketones is 1. The van der Waals surface area contributed by atoms with Crippen molar-refractivity contribution in [1.29, 1.82) is 0 Å². The van der Waals surface area contributed by atoms with Crippen molar-refractivity contribution in [3.05, 3.63) is 23.8 Å². The Balaban J connectivity index is 2.84. The second kappa shape index (κ2) is 7.79. The molecule has 1 aromatic rings. The zero-order valence-electron chi connectivity index (χ0n) is 12.2. The van der Waals surface area contributed by atoms with Crippen LogP contribution in [0.2, 0.25) is 0 Å². The van der Waals surface area contributed by atoms with Crippen LogP contribution in [0.25, 0.3) is 0 Å². The highest BCUT2D eigenvalue weighted by molar-refractivity contribution is 6.02. The number of hydrogen-bond donors (Lipinski definition) is 1. The molecule has 4 heteroatoms. The van der Waals surface area contributed by atoms with Gasteiger partial charge in [0, 0.05) is 0 Å². The van der Waals surface area contributed by atoms with Crippen LogP contribution in [0.5, 0.6) is 11.5 Å². The van der Waals surface area contributed by atoms with Gasteiger partial charge in [0.15, 0.2) is 5.78 Å². The van der Waals surface area contributed by atoms with Crippen molar-refractivity contribution in [3.8, 4) is 11.5 Å². The minimum atomic E-state index is -0.229. The average molecular weight is 265 g/mol. The fourth-order valence-corrected chi connectivity index (χ4v) is 1.83. The topological polar surface area (TPSA) is 47.6 Å². The van der Waals surface area contributed by atoms with Gasteiger partial charge in [-0.15, -0.1) is 0 Å². The van der Waals surface area contributed by atoms with Gasteiger partial charge in [-0.05, 0) is 38.1 Å². The molecule has 0 aliphatic rings. The van der Waals surface area contributed by atoms with E-state index in [1.807, 2.05) is 6.92 Å². The van der Waals surface area contributed by atoms with Crippen molar-refractivity contribution < 1.29 is 14.3 Å². The fourth-order valence-electron chi connectivity index (χ4n) is 1.83. The molecule has 0 bridgehead atoms. The lowest BCUT2D eigenvalue weighted by Gasteiger charge is -2.15. The number of benzene rings is 1. The van der Waals surface area contributed by atoms with Crippen molar-refractivity contribution >= 4 is 5.78 Å². The van der Waals surface area contributed by atoms with Gasteiger partial charge in [-0.1, -0.05) is 13.3 Å². The van der Waals surface area contributed by atoms with Gasteiger partial charge in [-0.3, -0.25) is 4.79 Å². The highest BCUT2D eigenvalue weighted by Gasteiger charge is 2.19.